The van der Waals surface area contributed by atoms with Crippen LogP contribution in [0.5, 0.6) is 0 Å². The Morgan fingerprint density at radius 2 is 1.69 bits per heavy atom. The molecule has 4 aromatic rings. The summed E-state index contributed by atoms with van der Waals surface area (Å²) in [6.07, 6.45) is 4.91. The Labute approximate surface area is 191 Å². The van der Waals surface area contributed by atoms with Gasteiger partial charge in [0.05, 0.1) is 5.69 Å². The molecule has 0 aliphatic heterocycles. The largest absolute Gasteiger partial charge is 0.252 e. The first-order chi connectivity index (χ1) is 15.4. The lowest BCUT2D eigenvalue weighted by molar-refractivity contribution is 0.376. The van der Waals surface area contributed by atoms with E-state index in [0.717, 1.165) is 17.8 Å². The molecule has 1 atom stereocenters. The number of aryl methyl sites for hydroxylation is 2. The molecule has 6 rings (SSSR count). The van der Waals surface area contributed by atoms with E-state index < -0.39 is 0 Å². The zero-order chi connectivity index (χ0) is 22.0. The Balaban J connectivity index is 1.52. The zero-order valence-electron chi connectivity index (χ0n) is 19.6. The fourth-order valence-corrected chi connectivity index (χ4v) is 6.18. The first kappa shape index (κ1) is 19.7. The van der Waals surface area contributed by atoms with Crippen LogP contribution in [0, 0.1) is 19.3 Å². The van der Waals surface area contributed by atoms with Gasteiger partial charge in [-0.3, -0.25) is 4.98 Å². The van der Waals surface area contributed by atoms with Crippen molar-refractivity contribution < 1.29 is 0 Å². The van der Waals surface area contributed by atoms with Crippen molar-refractivity contribution in [3.8, 4) is 22.4 Å². The van der Waals surface area contributed by atoms with Gasteiger partial charge < -0.3 is 0 Å². The third-order valence-corrected chi connectivity index (χ3v) is 7.75. The Kier molecular flexibility index (Phi) is 4.34. The average Bonchev–Trinajstić information content (AvgIpc) is 3.32. The van der Waals surface area contributed by atoms with Gasteiger partial charge >= 0.3 is 0 Å². The molecule has 0 amide bonds. The molecule has 0 bridgehead atoms. The number of rotatable bonds is 2. The van der Waals surface area contributed by atoms with Crippen LogP contribution in [-0.4, -0.2) is 4.98 Å². The van der Waals surface area contributed by atoms with E-state index in [0.29, 0.717) is 11.3 Å². The smallest absolute Gasteiger partial charge is 0.0786 e. The highest BCUT2D eigenvalue weighted by molar-refractivity contribution is 5.98. The number of fused-ring (bicyclic) bond motifs is 4. The van der Waals surface area contributed by atoms with Gasteiger partial charge in [-0.1, -0.05) is 62.4 Å². The van der Waals surface area contributed by atoms with Crippen LogP contribution in [0.1, 0.15) is 67.0 Å². The molecule has 2 aliphatic rings. The van der Waals surface area contributed by atoms with Crippen LogP contribution in [0.15, 0.2) is 60.7 Å². The minimum absolute atomic E-state index is 0.468. The van der Waals surface area contributed by atoms with E-state index in [2.05, 4.69) is 88.4 Å². The number of hydrogen-bond acceptors (Lipinski definition) is 1. The average molecular weight is 418 g/mol. The Hall–Kier alpha value is -2.93. The predicted molar refractivity (Wildman–Crippen MR) is 135 cm³/mol. The standard InChI is InChI=1S/C31H31N/c1-19-13-27-25-8-6-5-7-22(25)17-28(27)29(14-19)30-26-10-9-21(16-24(26)15-20(2)32-30)23-11-12-31(3,4)18-23/h5-10,13-16,23H,11-12,17-18H2,1-4H3. The molecule has 1 saturated carbocycles. The van der Waals surface area contributed by atoms with Crippen molar-refractivity contribution in [2.24, 2.45) is 5.41 Å². The second kappa shape index (κ2) is 7.04. The summed E-state index contributed by atoms with van der Waals surface area (Å²) in [6, 6.07) is 23.0. The van der Waals surface area contributed by atoms with Gasteiger partial charge in [0.2, 0.25) is 0 Å². The van der Waals surface area contributed by atoms with Crippen molar-refractivity contribution in [1.82, 2.24) is 4.98 Å². The SMILES string of the molecule is Cc1cc2c(c(-c3nc(C)cc4cc(C5CCC(C)(C)C5)ccc34)c1)Cc1ccccc1-2. The summed E-state index contributed by atoms with van der Waals surface area (Å²) in [5, 5.41) is 2.61. The first-order valence-electron chi connectivity index (χ1n) is 12.0. The van der Waals surface area contributed by atoms with E-state index in [1.54, 1.807) is 0 Å². The molecular formula is C31H31N. The third kappa shape index (κ3) is 3.18. The quantitative estimate of drug-likeness (QED) is 0.281. The second-order valence-electron chi connectivity index (χ2n) is 10.9. The van der Waals surface area contributed by atoms with Crippen molar-refractivity contribution >= 4 is 10.8 Å². The number of benzene rings is 3. The molecule has 1 heteroatoms. The van der Waals surface area contributed by atoms with Gasteiger partial charge in [-0.05, 0) is 102 Å². The van der Waals surface area contributed by atoms with Crippen LogP contribution in [-0.2, 0) is 6.42 Å². The van der Waals surface area contributed by atoms with Crippen LogP contribution in [0.2, 0.25) is 0 Å². The van der Waals surface area contributed by atoms with Crippen LogP contribution in [0.4, 0.5) is 0 Å². The normalized spacial score (nSPS) is 18.7. The Morgan fingerprint density at radius 3 is 2.50 bits per heavy atom. The number of hydrogen-bond donors (Lipinski definition) is 0. The van der Waals surface area contributed by atoms with Crippen LogP contribution in [0.25, 0.3) is 33.2 Å². The van der Waals surface area contributed by atoms with Gasteiger partial charge in [0.15, 0.2) is 0 Å². The third-order valence-electron chi connectivity index (χ3n) is 7.75. The van der Waals surface area contributed by atoms with Crippen LogP contribution in [0.3, 0.4) is 0 Å². The molecule has 160 valence electrons. The van der Waals surface area contributed by atoms with Crippen molar-refractivity contribution in [1.29, 1.82) is 0 Å². The van der Waals surface area contributed by atoms with E-state index >= 15 is 0 Å². The number of pyridine rings is 1. The maximum absolute atomic E-state index is 5.10. The molecule has 3 aromatic carbocycles. The van der Waals surface area contributed by atoms with Crippen molar-refractivity contribution in [2.75, 3.05) is 0 Å². The Morgan fingerprint density at radius 1 is 0.875 bits per heavy atom. The summed E-state index contributed by atoms with van der Waals surface area (Å²) in [5.41, 5.74) is 12.4. The zero-order valence-corrected chi connectivity index (χ0v) is 19.6. The topological polar surface area (TPSA) is 12.9 Å². The maximum atomic E-state index is 5.10. The van der Waals surface area contributed by atoms with Gasteiger partial charge in [0, 0.05) is 16.6 Å². The second-order valence-corrected chi connectivity index (χ2v) is 10.9. The van der Waals surface area contributed by atoms with Crippen molar-refractivity contribution in [3.63, 3.8) is 0 Å². The molecule has 1 aromatic heterocycles. The number of nitrogens with zero attached hydrogens (tertiary/aromatic N) is 1. The molecule has 1 unspecified atom stereocenters. The lowest BCUT2D eigenvalue weighted by Crippen LogP contribution is -2.04. The summed E-state index contributed by atoms with van der Waals surface area (Å²) in [5.74, 6) is 0.684. The summed E-state index contributed by atoms with van der Waals surface area (Å²) >= 11 is 0. The Bertz CT molecular complexity index is 1380. The fraction of sp³-hybridized carbons (Fsp3) is 0.323. The van der Waals surface area contributed by atoms with E-state index in [1.807, 2.05) is 0 Å². The van der Waals surface area contributed by atoms with Crippen molar-refractivity contribution in [3.05, 3.63) is 88.6 Å². The molecule has 1 heterocycles. The highest BCUT2D eigenvalue weighted by Gasteiger charge is 2.32. The fourth-order valence-electron chi connectivity index (χ4n) is 6.18. The van der Waals surface area contributed by atoms with Crippen molar-refractivity contribution in [2.45, 2.75) is 59.3 Å². The monoisotopic (exact) mass is 417 g/mol. The highest BCUT2D eigenvalue weighted by atomic mass is 14.7. The summed E-state index contributed by atoms with van der Waals surface area (Å²) in [7, 11) is 0. The molecule has 1 nitrogen and oxygen atoms in total. The summed E-state index contributed by atoms with van der Waals surface area (Å²) in [6.45, 7) is 9.18. The van der Waals surface area contributed by atoms with Gasteiger partial charge in [-0.25, -0.2) is 0 Å². The van der Waals surface area contributed by atoms with E-state index in [1.165, 1.54) is 69.0 Å². The van der Waals surface area contributed by atoms with Crippen LogP contribution < -0.4 is 0 Å². The minimum Gasteiger partial charge on any atom is -0.252 e. The molecule has 2 aliphatic carbocycles. The van der Waals surface area contributed by atoms with E-state index in [-0.39, 0.29) is 0 Å². The maximum Gasteiger partial charge on any atom is 0.0786 e. The lowest BCUT2D eigenvalue weighted by Gasteiger charge is -2.18. The molecule has 0 spiro atoms. The van der Waals surface area contributed by atoms with Gasteiger partial charge in [-0.2, -0.15) is 0 Å². The molecule has 0 radical (unpaired) electrons. The van der Waals surface area contributed by atoms with Gasteiger partial charge in [-0.15, -0.1) is 0 Å². The first-order valence-corrected chi connectivity index (χ1v) is 12.0. The molecule has 32 heavy (non-hydrogen) atoms. The van der Waals surface area contributed by atoms with E-state index in [4.69, 9.17) is 4.98 Å². The molecule has 1 fully saturated rings. The van der Waals surface area contributed by atoms with E-state index in [9.17, 15) is 0 Å². The molecular weight excluding hydrogens is 386 g/mol. The van der Waals surface area contributed by atoms with Gasteiger partial charge in [0.25, 0.3) is 0 Å². The van der Waals surface area contributed by atoms with Crippen LogP contribution >= 0.6 is 0 Å². The molecule has 0 N–H and O–H groups in total. The predicted octanol–water partition coefficient (Wildman–Crippen LogP) is 8.38. The number of aromatic nitrogens is 1. The summed E-state index contributed by atoms with van der Waals surface area (Å²) in [4.78, 5) is 5.10. The minimum atomic E-state index is 0.468. The molecule has 0 saturated heterocycles. The van der Waals surface area contributed by atoms with Gasteiger partial charge in [0.1, 0.15) is 0 Å². The summed E-state index contributed by atoms with van der Waals surface area (Å²) < 4.78 is 0. The highest BCUT2D eigenvalue weighted by Crippen LogP contribution is 2.47. The lowest BCUT2D eigenvalue weighted by atomic mass is 9.87.